The van der Waals surface area contributed by atoms with Gasteiger partial charge in [-0.3, -0.25) is 0 Å². The van der Waals surface area contributed by atoms with Gasteiger partial charge in [0.15, 0.2) is 0 Å². The average Bonchev–Trinajstić information content (AvgIpc) is 3.12. The summed E-state index contributed by atoms with van der Waals surface area (Å²) < 4.78 is 20.6. The van der Waals surface area contributed by atoms with Crippen LogP contribution in [0.2, 0.25) is 6.04 Å². The van der Waals surface area contributed by atoms with E-state index in [0.717, 1.165) is 37.6 Å². The molecule has 0 radical (unpaired) electrons. The maximum Gasteiger partial charge on any atom is 0.500 e. The first-order chi connectivity index (χ1) is 15.3. The fourth-order valence-corrected chi connectivity index (χ4v) is 8.22. The highest BCUT2D eigenvalue weighted by molar-refractivity contribution is 6.60. The molecule has 3 aliphatic carbocycles. The summed E-state index contributed by atoms with van der Waals surface area (Å²) in [6.45, 7) is 3.03. The Morgan fingerprint density at radius 2 is 1.75 bits per heavy atom. The number of phenolic OH excluding ortho intramolecular Hbond substituents is 1. The molecule has 6 nitrogen and oxygen atoms in total. The Labute approximate surface area is 194 Å². The van der Waals surface area contributed by atoms with Crippen LogP contribution in [0.25, 0.3) is 0 Å². The Kier molecular flexibility index (Phi) is 8.80. The van der Waals surface area contributed by atoms with Gasteiger partial charge in [0, 0.05) is 41.1 Å². The van der Waals surface area contributed by atoms with E-state index in [9.17, 15) is 10.2 Å². The number of aliphatic hydroxyl groups is 1. The van der Waals surface area contributed by atoms with E-state index in [1.807, 2.05) is 12.1 Å². The van der Waals surface area contributed by atoms with Crippen LogP contribution < -0.4 is 0 Å². The van der Waals surface area contributed by atoms with Crippen LogP contribution >= 0.6 is 0 Å². The number of methoxy groups -OCH3 is 1. The highest BCUT2D eigenvalue weighted by atomic mass is 28.4. The Morgan fingerprint density at radius 3 is 2.41 bits per heavy atom. The molecule has 0 spiro atoms. The number of hydrogen-bond acceptors (Lipinski definition) is 6. The zero-order valence-corrected chi connectivity index (χ0v) is 21.4. The van der Waals surface area contributed by atoms with Crippen molar-refractivity contribution in [1.82, 2.24) is 0 Å². The Morgan fingerprint density at radius 1 is 1.03 bits per heavy atom. The molecule has 0 heterocycles. The van der Waals surface area contributed by atoms with Crippen LogP contribution in [0.1, 0.15) is 62.5 Å². The van der Waals surface area contributed by atoms with Crippen molar-refractivity contribution in [2.45, 2.75) is 69.9 Å². The third-order valence-electron chi connectivity index (χ3n) is 8.42. The first kappa shape index (κ1) is 25.7. The molecule has 0 bridgehead atoms. The van der Waals surface area contributed by atoms with E-state index >= 15 is 0 Å². The van der Waals surface area contributed by atoms with E-state index in [1.54, 1.807) is 28.4 Å². The number of aryl methyl sites for hydroxylation is 1. The van der Waals surface area contributed by atoms with E-state index in [2.05, 4.69) is 13.0 Å². The maximum atomic E-state index is 10.4. The molecule has 5 atom stereocenters. The normalized spacial score (nSPS) is 31.2. The summed E-state index contributed by atoms with van der Waals surface area (Å²) in [7, 11) is 4.19. The number of fused-ring (bicyclic) bond motifs is 5. The van der Waals surface area contributed by atoms with Crippen LogP contribution in [-0.4, -0.2) is 60.2 Å². The zero-order chi connectivity index (χ0) is 23.4. The number of benzene rings is 1. The number of hydrogen-bond donors (Lipinski definition) is 2. The SMILES string of the molecule is COCCC[Si](OC)(OC)OC.C[C@]12CC[C@@H]3c4ccc(O)cc4CC[C@H]3[C@@H]1CC[C@@H]2O. The summed E-state index contributed by atoms with van der Waals surface area (Å²) in [5.74, 6) is 2.49. The highest BCUT2D eigenvalue weighted by Gasteiger charge is 2.54. The molecule has 2 N–H and O–H groups in total. The standard InChI is InChI=1S/C18H24O2.C7H18O4Si/c1-18-9-8-14-13-5-3-12(19)10-11(13)2-4-15(14)16(18)6-7-17(18)20;1-8-6-5-7-12(9-2,10-3)11-4/h3,5,10,14-17,19-20H,2,4,6-9H2,1H3;5-7H2,1-4H3/t14-,15-,16+,17+,18+;/m1./s1. The predicted molar refractivity (Wildman–Crippen MR) is 127 cm³/mol. The smallest absolute Gasteiger partial charge is 0.500 e. The van der Waals surface area contributed by atoms with Gasteiger partial charge >= 0.3 is 8.80 Å². The van der Waals surface area contributed by atoms with Crippen molar-refractivity contribution in [3.8, 4) is 5.75 Å². The first-order valence-electron chi connectivity index (χ1n) is 12.0. The quantitative estimate of drug-likeness (QED) is 0.455. The van der Waals surface area contributed by atoms with Crippen LogP contribution in [0.15, 0.2) is 18.2 Å². The highest BCUT2D eigenvalue weighted by Crippen LogP contribution is 2.60. The van der Waals surface area contributed by atoms with E-state index in [-0.39, 0.29) is 11.5 Å². The summed E-state index contributed by atoms with van der Waals surface area (Å²) in [6.07, 6.45) is 7.68. The fourth-order valence-electron chi connectivity index (χ4n) is 6.53. The maximum absolute atomic E-state index is 10.4. The Hall–Kier alpha value is -0.963. The topological polar surface area (TPSA) is 77.4 Å². The molecule has 0 amide bonds. The first-order valence-corrected chi connectivity index (χ1v) is 13.9. The van der Waals surface area contributed by atoms with E-state index < -0.39 is 8.80 Å². The van der Waals surface area contributed by atoms with Gasteiger partial charge in [-0.05, 0) is 91.4 Å². The number of rotatable bonds is 7. The molecule has 0 aliphatic heterocycles. The molecule has 1 aromatic carbocycles. The minimum Gasteiger partial charge on any atom is -0.508 e. The molecular weight excluding hydrogens is 424 g/mol. The second-order valence-electron chi connectivity index (χ2n) is 9.83. The number of aliphatic hydroxyl groups excluding tert-OH is 1. The van der Waals surface area contributed by atoms with E-state index in [1.165, 1.54) is 30.4 Å². The third-order valence-corrected chi connectivity index (χ3v) is 11.3. The molecular formula is C25H42O6Si. The summed E-state index contributed by atoms with van der Waals surface area (Å²) in [4.78, 5) is 0. The molecule has 2 saturated carbocycles. The van der Waals surface area contributed by atoms with Crippen molar-refractivity contribution in [2.75, 3.05) is 35.0 Å². The summed E-state index contributed by atoms with van der Waals surface area (Å²) >= 11 is 0. The largest absolute Gasteiger partial charge is 0.508 e. The fraction of sp³-hybridized carbons (Fsp3) is 0.760. The number of aromatic hydroxyl groups is 1. The van der Waals surface area contributed by atoms with Gasteiger partial charge in [-0.25, -0.2) is 0 Å². The molecule has 4 rings (SSSR count). The van der Waals surface area contributed by atoms with Gasteiger partial charge in [0.1, 0.15) is 5.75 Å². The molecule has 2 fully saturated rings. The lowest BCUT2D eigenvalue weighted by Crippen LogP contribution is -2.43. The van der Waals surface area contributed by atoms with Crippen LogP contribution in [0.4, 0.5) is 0 Å². The van der Waals surface area contributed by atoms with Gasteiger partial charge in [0.2, 0.25) is 0 Å². The zero-order valence-electron chi connectivity index (χ0n) is 20.4. The monoisotopic (exact) mass is 466 g/mol. The molecule has 7 heteroatoms. The van der Waals surface area contributed by atoms with Gasteiger partial charge < -0.3 is 28.2 Å². The van der Waals surface area contributed by atoms with Crippen molar-refractivity contribution in [3.05, 3.63) is 29.3 Å². The summed E-state index contributed by atoms with van der Waals surface area (Å²) in [5.41, 5.74) is 2.99. The lowest BCUT2D eigenvalue weighted by atomic mass is 9.55. The lowest BCUT2D eigenvalue weighted by molar-refractivity contribution is -0.0226. The molecule has 182 valence electrons. The second kappa shape index (κ2) is 11.0. The van der Waals surface area contributed by atoms with Crippen LogP contribution in [0.3, 0.4) is 0 Å². The minimum absolute atomic E-state index is 0.0883. The van der Waals surface area contributed by atoms with Crippen LogP contribution in [-0.2, 0) is 24.4 Å². The van der Waals surface area contributed by atoms with Gasteiger partial charge in [-0.1, -0.05) is 13.0 Å². The van der Waals surface area contributed by atoms with Gasteiger partial charge in [0.05, 0.1) is 6.10 Å². The third kappa shape index (κ3) is 5.08. The molecule has 0 saturated heterocycles. The predicted octanol–water partition coefficient (Wildman–Crippen LogP) is 4.51. The average molecular weight is 467 g/mol. The van der Waals surface area contributed by atoms with Crippen molar-refractivity contribution >= 4 is 8.80 Å². The molecule has 0 unspecified atom stereocenters. The van der Waals surface area contributed by atoms with Crippen molar-refractivity contribution < 1.29 is 28.2 Å². The molecule has 3 aliphatic rings. The molecule has 1 aromatic rings. The van der Waals surface area contributed by atoms with Crippen LogP contribution in [0.5, 0.6) is 5.75 Å². The second-order valence-corrected chi connectivity index (χ2v) is 12.9. The van der Waals surface area contributed by atoms with E-state index in [4.69, 9.17) is 18.0 Å². The van der Waals surface area contributed by atoms with Crippen molar-refractivity contribution in [1.29, 1.82) is 0 Å². The van der Waals surface area contributed by atoms with Crippen molar-refractivity contribution in [3.63, 3.8) is 0 Å². The van der Waals surface area contributed by atoms with Gasteiger partial charge in [-0.2, -0.15) is 0 Å². The molecule has 0 aromatic heterocycles. The summed E-state index contributed by atoms with van der Waals surface area (Å²) in [5, 5.41) is 20.0. The minimum atomic E-state index is -2.33. The summed E-state index contributed by atoms with van der Waals surface area (Å²) in [6, 6.07) is 6.75. The Bertz CT molecular complexity index is 731. The molecule has 32 heavy (non-hydrogen) atoms. The van der Waals surface area contributed by atoms with Crippen LogP contribution in [0, 0.1) is 17.3 Å². The Balaban J connectivity index is 0.000000210. The van der Waals surface area contributed by atoms with Crippen molar-refractivity contribution in [2.24, 2.45) is 17.3 Å². The van der Waals surface area contributed by atoms with E-state index in [0.29, 0.717) is 24.2 Å². The lowest BCUT2D eigenvalue weighted by Gasteiger charge is -2.50. The number of ether oxygens (including phenoxy) is 1. The van der Waals surface area contributed by atoms with Gasteiger partial charge in [0.25, 0.3) is 0 Å². The van der Waals surface area contributed by atoms with Gasteiger partial charge in [-0.15, -0.1) is 0 Å². The number of phenols is 1.